The number of aryl methyl sites for hydroxylation is 1. The molecule has 7 nitrogen and oxygen atoms in total. The SMILES string of the molecule is CCCc1c(OCCCOc2ccc(C(CO)CC(=O)C(C)C)cc2)ccc2c1OC(C(=O)OC)CC2. The number of hydrogen-bond acceptors (Lipinski definition) is 7. The molecule has 0 radical (unpaired) electrons. The number of methoxy groups -OCH3 is 1. The Labute approximate surface area is 220 Å². The maximum Gasteiger partial charge on any atom is 0.347 e. The first-order valence-electron chi connectivity index (χ1n) is 13.3. The molecule has 1 aliphatic heterocycles. The number of fused-ring (bicyclic) bond motifs is 1. The van der Waals surface area contributed by atoms with Crippen LogP contribution < -0.4 is 14.2 Å². The molecular weight excluding hydrogens is 472 g/mol. The maximum atomic E-state index is 12.1. The van der Waals surface area contributed by atoms with Crippen LogP contribution in [-0.4, -0.2) is 49.9 Å². The summed E-state index contributed by atoms with van der Waals surface area (Å²) in [5, 5.41) is 9.72. The molecule has 3 rings (SSSR count). The lowest BCUT2D eigenvalue weighted by atomic mass is 9.91. The van der Waals surface area contributed by atoms with E-state index in [1.54, 1.807) is 0 Å². The summed E-state index contributed by atoms with van der Waals surface area (Å²) in [4.78, 5) is 24.1. The number of carbonyl (C=O) groups excluding carboxylic acids is 2. The summed E-state index contributed by atoms with van der Waals surface area (Å²) in [5.74, 6) is 1.84. The standard InChI is InChI=1S/C30H40O7/c1-5-7-25-27(14-10-22-11-15-28(30(33)34-4)37-29(22)25)36-17-6-16-35-24-12-8-21(9-13-24)23(19-31)18-26(32)20(2)3/h8-10,12-14,20,23,28,31H,5-7,11,15-19H2,1-4H3. The number of hydrogen-bond donors (Lipinski definition) is 1. The molecule has 0 fully saturated rings. The third-order valence-corrected chi connectivity index (χ3v) is 6.68. The number of rotatable bonds is 14. The number of benzene rings is 2. The van der Waals surface area contributed by atoms with Crippen LogP contribution in [0.2, 0.25) is 0 Å². The van der Waals surface area contributed by atoms with Crippen molar-refractivity contribution < 1.29 is 33.6 Å². The van der Waals surface area contributed by atoms with Crippen molar-refractivity contribution in [2.75, 3.05) is 26.9 Å². The smallest absolute Gasteiger partial charge is 0.347 e. The summed E-state index contributed by atoms with van der Waals surface area (Å²) in [6.07, 6.45) is 3.56. The van der Waals surface area contributed by atoms with Crippen molar-refractivity contribution in [3.8, 4) is 17.2 Å². The molecule has 7 heteroatoms. The van der Waals surface area contributed by atoms with E-state index >= 15 is 0 Å². The zero-order valence-electron chi connectivity index (χ0n) is 22.5. The van der Waals surface area contributed by atoms with Gasteiger partial charge < -0.3 is 24.1 Å². The fourth-order valence-electron chi connectivity index (χ4n) is 4.44. The van der Waals surface area contributed by atoms with Crippen LogP contribution in [0, 0.1) is 5.92 Å². The van der Waals surface area contributed by atoms with Gasteiger partial charge in [-0.1, -0.05) is 45.4 Å². The Morgan fingerprint density at radius 1 is 1.08 bits per heavy atom. The molecule has 1 heterocycles. The lowest BCUT2D eigenvalue weighted by molar-refractivity contribution is -0.149. The predicted octanol–water partition coefficient (Wildman–Crippen LogP) is 5.04. The summed E-state index contributed by atoms with van der Waals surface area (Å²) >= 11 is 0. The van der Waals surface area contributed by atoms with Crippen molar-refractivity contribution in [2.45, 2.75) is 71.3 Å². The highest BCUT2D eigenvalue weighted by molar-refractivity contribution is 5.81. The summed E-state index contributed by atoms with van der Waals surface area (Å²) in [6.45, 7) is 6.77. The molecule has 1 aliphatic rings. The fourth-order valence-corrected chi connectivity index (χ4v) is 4.44. The zero-order chi connectivity index (χ0) is 26.8. The normalized spacial score (nSPS) is 15.5. The third-order valence-electron chi connectivity index (χ3n) is 6.68. The zero-order valence-corrected chi connectivity index (χ0v) is 22.5. The van der Waals surface area contributed by atoms with Crippen LogP contribution >= 0.6 is 0 Å². The van der Waals surface area contributed by atoms with Crippen molar-refractivity contribution >= 4 is 11.8 Å². The molecule has 2 aromatic rings. The van der Waals surface area contributed by atoms with E-state index in [1.165, 1.54) is 7.11 Å². The minimum Gasteiger partial charge on any atom is -0.493 e. The number of ketones is 1. The van der Waals surface area contributed by atoms with Crippen LogP contribution in [0.15, 0.2) is 36.4 Å². The number of ether oxygens (including phenoxy) is 4. The average molecular weight is 513 g/mol. The van der Waals surface area contributed by atoms with Crippen molar-refractivity contribution in [3.05, 3.63) is 53.1 Å². The van der Waals surface area contributed by atoms with Gasteiger partial charge in [-0.2, -0.15) is 0 Å². The lowest BCUT2D eigenvalue weighted by Crippen LogP contribution is -2.32. The van der Waals surface area contributed by atoms with E-state index in [9.17, 15) is 14.7 Å². The molecular formula is C30H40O7. The number of aliphatic hydroxyl groups is 1. The van der Waals surface area contributed by atoms with Gasteiger partial charge in [0.1, 0.15) is 23.0 Å². The Balaban J connectivity index is 1.52. The summed E-state index contributed by atoms with van der Waals surface area (Å²) in [5.41, 5.74) is 3.03. The Hall–Kier alpha value is -3.06. The fraction of sp³-hybridized carbons (Fsp3) is 0.533. The second-order valence-electron chi connectivity index (χ2n) is 9.77. The molecule has 0 aromatic heterocycles. The first-order valence-corrected chi connectivity index (χ1v) is 13.3. The minimum atomic E-state index is -0.577. The van der Waals surface area contributed by atoms with Crippen LogP contribution in [0.4, 0.5) is 0 Å². The van der Waals surface area contributed by atoms with E-state index in [0.717, 1.165) is 53.2 Å². The summed E-state index contributed by atoms with van der Waals surface area (Å²) in [7, 11) is 1.38. The van der Waals surface area contributed by atoms with Crippen LogP contribution in [0.25, 0.3) is 0 Å². The van der Waals surface area contributed by atoms with Gasteiger partial charge >= 0.3 is 5.97 Å². The van der Waals surface area contributed by atoms with Crippen molar-refractivity contribution in [1.29, 1.82) is 0 Å². The minimum absolute atomic E-state index is 0.0393. The first kappa shape index (κ1) is 28.5. The van der Waals surface area contributed by atoms with Gasteiger partial charge in [-0.25, -0.2) is 4.79 Å². The van der Waals surface area contributed by atoms with Crippen molar-refractivity contribution in [3.63, 3.8) is 0 Å². The Morgan fingerprint density at radius 2 is 1.81 bits per heavy atom. The molecule has 2 atom stereocenters. The van der Waals surface area contributed by atoms with E-state index < -0.39 is 6.10 Å². The number of Topliss-reactive ketones (excluding diaryl/α,β-unsaturated/α-hetero) is 1. The Bertz CT molecular complexity index is 1030. The van der Waals surface area contributed by atoms with Crippen molar-refractivity contribution in [2.24, 2.45) is 5.92 Å². The molecule has 0 spiro atoms. The quantitative estimate of drug-likeness (QED) is 0.280. The molecule has 0 bridgehead atoms. The van der Waals surface area contributed by atoms with Gasteiger partial charge in [0, 0.05) is 30.2 Å². The maximum absolute atomic E-state index is 12.1. The largest absolute Gasteiger partial charge is 0.493 e. The molecule has 202 valence electrons. The number of carbonyl (C=O) groups is 2. The van der Waals surface area contributed by atoms with Gasteiger partial charge in [0.15, 0.2) is 6.10 Å². The van der Waals surface area contributed by atoms with Gasteiger partial charge in [0.2, 0.25) is 0 Å². The van der Waals surface area contributed by atoms with Gasteiger partial charge in [0.05, 0.1) is 26.9 Å². The molecule has 0 saturated heterocycles. The van der Waals surface area contributed by atoms with Crippen LogP contribution in [0.1, 0.15) is 69.1 Å². The van der Waals surface area contributed by atoms with Gasteiger partial charge in [-0.3, -0.25) is 4.79 Å². The first-order chi connectivity index (χ1) is 17.9. The molecule has 37 heavy (non-hydrogen) atoms. The van der Waals surface area contributed by atoms with Gasteiger partial charge in [0.25, 0.3) is 0 Å². The summed E-state index contributed by atoms with van der Waals surface area (Å²) < 4.78 is 22.9. The van der Waals surface area contributed by atoms with E-state index in [4.69, 9.17) is 18.9 Å². The highest BCUT2D eigenvalue weighted by Crippen LogP contribution is 2.38. The Morgan fingerprint density at radius 3 is 2.46 bits per heavy atom. The molecule has 0 amide bonds. The topological polar surface area (TPSA) is 91.3 Å². The Kier molecular flexibility index (Phi) is 10.8. The van der Waals surface area contributed by atoms with E-state index in [2.05, 4.69) is 6.92 Å². The molecule has 2 aromatic carbocycles. The van der Waals surface area contributed by atoms with Crippen LogP contribution in [0.3, 0.4) is 0 Å². The van der Waals surface area contributed by atoms with Crippen LogP contribution in [0.5, 0.6) is 17.2 Å². The second-order valence-corrected chi connectivity index (χ2v) is 9.77. The van der Waals surface area contributed by atoms with Gasteiger partial charge in [-0.15, -0.1) is 0 Å². The summed E-state index contributed by atoms with van der Waals surface area (Å²) in [6, 6.07) is 11.6. The molecule has 1 N–H and O–H groups in total. The van der Waals surface area contributed by atoms with E-state index in [0.29, 0.717) is 32.5 Å². The monoisotopic (exact) mass is 512 g/mol. The van der Waals surface area contributed by atoms with E-state index in [-0.39, 0.29) is 30.2 Å². The molecule has 0 saturated carbocycles. The predicted molar refractivity (Wildman–Crippen MR) is 142 cm³/mol. The van der Waals surface area contributed by atoms with Crippen LogP contribution in [-0.2, 0) is 27.2 Å². The number of esters is 1. The highest BCUT2D eigenvalue weighted by atomic mass is 16.6. The van der Waals surface area contributed by atoms with Crippen molar-refractivity contribution in [1.82, 2.24) is 0 Å². The van der Waals surface area contributed by atoms with E-state index in [1.807, 2.05) is 50.2 Å². The lowest BCUT2D eigenvalue weighted by Gasteiger charge is -2.27. The average Bonchev–Trinajstić information content (AvgIpc) is 2.92. The second kappa shape index (κ2) is 14.0. The highest BCUT2D eigenvalue weighted by Gasteiger charge is 2.29. The number of aliphatic hydroxyl groups excluding tert-OH is 1. The third kappa shape index (κ3) is 7.71. The molecule has 0 aliphatic carbocycles. The van der Waals surface area contributed by atoms with Gasteiger partial charge in [-0.05, 0) is 48.6 Å². The molecule has 2 unspecified atom stereocenters.